The Morgan fingerprint density at radius 2 is 2.00 bits per heavy atom. The number of aromatic nitrogens is 2. The van der Waals surface area contributed by atoms with Gasteiger partial charge in [-0.1, -0.05) is 29.8 Å². The number of carbonyl (C=O) groups excluding carboxylic acids is 1. The maximum atomic E-state index is 13.4. The van der Waals surface area contributed by atoms with Gasteiger partial charge in [0.1, 0.15) is 0 Å². The Morgan fingerprint density at radius 1 is 1.21 bits per heavy atom. The number of anilines is 1. The number of aromatic amines is 1. The van der Waals surface area contributed by atoms with E-state index in [0.29, 0.717) is 12.4 Å². The van der Waals surface area contributed by atoms with Gasteiger partial charge < -0.3 is 5.32 Å². The number of aliphatic imine (C=N–C) groups is 1. The van der Waals surface area contributed by atoms with E-state index in [4.69, 9.17) is 0 Å². The maximum Gasteiger partial charge on any atom is 0.258 e. The van der Waals surface area contributed by atoms with Crippen LogP contribution in [0.2, 0.25) is 0 Å². The lowest BCUT2D eigenvalue weighted by Gasteiger charge is -2.11. The first-order valence-corrected chi connectivity index (χ1v) is 9.34. The fraction of sp³-hybridized carbons (Fsp3) is 0.211. The number of guanidine groups is 1. The van der Waals surface area contributed by atoms with Crippen LogP contribution in [0, 0.1) is 17.6 Å². The van der Waals surface area contributed by atoms with Crippen molar-refractivity contribution in [1.82, 2.24) is 15.5 Å². The molecule has 3 rings (SSSR count). The van der Waals surface area contributed by atoms with Gasteiger partial charge in [-0.2, -0.15) is 5.10 Å². The standard InChI is InChI=1S/C19H18BrF2N5O/c1-10(2)9-23-19(25-18(28)11-3-6-14(21)15(22)7-11)24-17-13-5-4-12(20)8-16(13)26-27-17/h3-8,10H,9H2,1-2H3,(H3,23,24,25,26,27,28). The summed E-state index contributed by atoms with van der Waals surface area (Å²) in [5, 5.41) is 13.5. The van der Waals surface area contributed by atoms with Crippen LogP contribution in [0.1, 0.15) is 24.2 Å². The lowest BCUT2D eigenvalue weighted by atomic mass is 10.2. The van der Waals surface area contributed by atoms with Crippen LogP contribution in [0.5, 0.6) is 0 Å². The van der Waals surface area contributed by atoms with Gasteiger partial charge in [-0.3, -0.25) is 20.2 Å². The second-order valence-electron chi connectivity index (χ2n) is 6.55. The Balaban J connectivity index is 1.85. The number of H-pyrrole nitrogens is 1. The van der Waals surface area contributed by atoms with E-state index >= 15 is 0 Å². The minimum absolute atomic E-state index is 0.0197. The number of rotatable bonds is 4. The molecule has 0 radical (unpaired) electrons. The highest BCUT2D eigenvalue weighted by Gasteiger charge is 2.14. The van der Waals surface area contributed by atoms with Crippen molar-refractivity contribution in [3.8, 4) is 0 Å². The normalized spacial score (nSPS) is 11.9. The lowest BCUT2D eigenvalue weighted by molar-refractivity contribution is 0.0976. The minimum Gasteiger partial charge on any atom is -0.309 e. The van der Waals surface area contributed by atoms with Crippen molar-refractivity contribution in [3.63, 3.8) is 0 Å². The molecule has 0 unspecified atom stereocenters. The molecule has 1 heterocycles. The Morgan fingerprint density at radius 3 is 2.71 bits per heavy atom. The van der Waals surface area contributed by atoms with Crippen LogP contribution in [-0.4, -0.2) is 28.6 Å². The number of halogens is 3. The number of amides is 1. The summed E-state index contributed by atoms with van der Waals surface area (Å²) < 4.78 is 27.4. The first-order valence-electron chi connectivity index (χ1n) is 8.55. The first kappa shape index (κ1) is 19.9. The highest BCUT2D eigenvalue weighted by Crippen LogP contribution is 2.23. The van der Waals surface area contributed by atoms with Crippen molar-refractivity contribution in [1.29, 1.82) is 0 Å². The predicted molar refractivity (Wildman–Crippen MR) is 108 cm³/mol. The van der Waals surface area contributed by atoms with Gasteiger partial charge in [0.2, 0.25) is 5.96 Å². The SMILES string of the molecule is CC(C)CN=C(NC(=O)c1ccc(F)c(F)c1)Nc1n[nH]c2cc(Br)ccc12. The third-order valence-corrected chi connectivity index (χ3v) is 4.28. The number of hydrogen-bond donors (Lipinski definition) is 3. The van der Waals surface area contributed by atoms with Gasteiger partial charge in [-0.25, -0.2) is 8.78 Å². The third kappa shape index (κ3) is 4.72. The van der Waals surface area contributed by atoms with Crippen LogP contribution >= 0.6 is 15.9 Å². The average Bonchev–Trinajstić information content (AvgIpc) is 3.03. The van der Waals surface area contributed by atoms with Gasteiger partial charge >= 0.3 is 0 Å². The third-order valence-electron chi connectivity index (χ3n) is 3.79. The van der Waals surface area contributed by atoms with Crippen LogP contribution in [0.3, 0.4) is 0 Å². The fourth-order valence-electron chi connectivity index (χ4n) is 2.40. The molecule has 0 fully saturated rings. The van der Waals surface area contributed by atoms with Crippen molar-refractivity contribution in [2.45, 2.75) is 13.8 Å². The Bertz CT molecular complexity index is 1050. The summed E-state index contributed by atoms with van der Waals surface area (Å²) in [6.45, 7) is 4.42. The van der Waals surface area contributed by atoms with Gasteiger partial charge in [-0.05, 0) is 42.3 Å². The zero-order valence-corrected chi connectivity index (χ0v) is 16.8. The molecule has 0 aliphatic carbocycles. The Labute approximate surface area is 168 Å². The molecule has 3 N–H and O–H groups in total. The maximum absolute atomic E-state index is 13.4. The van der Waals surface area contributed by atoms with E-state index in [2.05, 4.69) is 41.8 Å². The average molecular weight is 450 g/mol. The number of benzene rings is 2. The molecule has 0 bridgehead atoms. The smallest absolute Gasteiger partial charge is 0.258 e. The van der Waals surface area contributed by atoms with Crippen LogP contribution in [0.15, 0.2) is 45.9 Å². The largest absolute Gasteiger partial charge is 0.309 e. The van der Waals surface area contributed by atoms with E-state index in [0.717, 1.165) is 27.5 Å². The molecule has 0 saturated heterocycles. The molecule has 0 aliphatic heterocycles. The molecule has 9 heteroatoms. The summed E-state index contributed by atoms with van der Waals surface area (Å²) in [6, 6.07) is 8.55. The molecule has 28 heavy (non-hydrogen) atoms. The number of carbonyl (C=O) groups is 1. The van der Waals surface area contributed by atoms with Crippen molar-refractivity contribution < 1.29 is 13.6 Å². The highest BCUT2D eigenvalue weighted by atomic mass is 79.9. The zero-order chi connectivity index (χ0) is 20.3. The number of fused-ring (bicyclic) bond motifs is 1. The van der Waals surface area contributed by atoms with Gasteiger partial charge in [-0.15, -0.1) is 0 Å². The number of hydrogen-bond acceptors (Lipinski definition) is 3. The van der Waals surface area contributed by atoms with Gasteiger partial charge in [0.15, 0.2) is 17.5 Å². The van der Waals surface area contributed by atoms with E-state index in [9.17, 15) is 13.6 Å². The molecule has 0 spiro atoms. The summed E-state index contributed by atoms with van der Waals surface area (Å²) in [5.74, 6) is -1.82. The zero-order valence-electron chi connectivity index (χ0n) is 15.2. The summed E-state index contributed by atoms with van der Waals surface area (Å²) in [7, 11) is 0. The van der Waals surface area contributed by atoms with Crippen molar-refractivity contribution in [2.75, 3.05) is 11.9 Å². The molecule has 0 saturated carbocycles. The van der Waals surface area contributed by atoms with E-state index in [-0.39, 0.29) is 17.4 Å². The molecular weight excluding hydrogens is 432 g/mol. The monoisotopic (exact) mass is 449 g/mol. The molecule has 3 aromatic rings. The van der Waals surface area contributed by atoms with Crippen molar-refractivity contribution in [2.24, 2.45) is 10.9 Å². The van der Waals surface area contributed by atoms with E-state index < -0.39 is 17.5 Å². The Hall–Kier alpha value is -2.81. The summed E-state index contributed by atoms with van der Waals surface area (Å²) in [6.07, 6.45) is 0. The topological polar surface area (TPSA) is 82.2 Å². The summed E-state index contributed by atoms with van der Waals surface area (Å²) in [5.41, 5.74) is 0.779. The quantitative estimate of drug-likeness (QED) is 0.406. The molecule has 0 aliphatic rings. The minimum atomic E-state index is -1.09. The first-order chi connectivity index (χ1) is 13.3. The second kappa shape index (κ2) is 8.47. The van der Waals surface area contributed by atoms with Crippen LogP contribution in [-0.2, 0) is 0 Å². The lowest BCUT2D eigenvalue weighted by Crippen LogP contribution is -2.36. The molecule has 0 atom stereocenters. The van der Waals surface area contributed by atoms with E-state index in [1.54, 1.807) is 0 Å². The Kier molecular flexibility index (Phi) is 6.03. The van der Waals surface area contributed by atoms with E-state index in [1.807, 2.05) is 32.0 Å². The molecule has 2 aromatic carbocycles. The van der Waals surface area contributed by atoms with E-state index in [1.165, 1.54) is 6.07 Å². The molecule has 1 amide bonds. The van der Waals surface area contributed by atoms with Crippen LogP contribution in [0.4, 0.5) is 14.6 Å². The van der Waals surface area contributed by atoms with Crippen LogP contribution < -0.4 is 10.6 Å². The van der Waals surface area contributed by atoms with Crippen LogP contribution in [0.25, 0.3) is 10.9 Å². The van der Waals surface area contributed by atoms with Crippen molar-refractivity contribution in [3.05, 3.63) is 58.1 Å². The summed E-state index contributed by atoms with van der Waals surface area (Å²) in [4.78, 5) is 16.8. The highest BCUT2D eigenvalue weighted by molar-refractivity contribution is 9.10. The molecule has 6 nitrogen and oxygen atoms in total. The predicted octanol–water partition coefficient (Wildman–Crippen LogP) is 4.46. The fourth-order valence-corrected chi connectivity index (χ4v) is 2.76. The number of nitrogens with one attached hydrogen (secondary N) is 3. The van der Waals surface area contributed by atoms with Gasteiger partial charge in [0, 0.05) is 22.0 Å². The molecule has 146 valence electrons. The summed E-state index contributed by atoms with van der Waals surface area (Å²) >= 11 is 3.40. The van der Waals surface area contributed by atoms with Gasteiger partial charge in [0.05, 0.1) is 5.52 Å². The van der Waals surface area contributed by atoms with Crippen molar-refractivity contribution >= 4 is 44.5 Å². The molecular formula is C19H18BrF2N5O. The molecule has 1 aromatic heterocycles. The second-order valence-corrected chi connectivity index (χ2v) is 7.47. The number of nitrogens with zero attached hydrogens (tertiary/aromatic N) is 2. The van der Waals surface area contributed by atoms with Gasteiger partial charge in [0.25, 0.3) is 5.91 Å².